The van der Waals surface area contributed by atoms with E-state index in [0.717, 1.165) is 0 Å². The largest absolute Gasteiger partial charge is 0.0588 e. The van der Waals surface area contributed by atoms with Gasteiger partial charge in [0.25, 0.3) is 0 Å². The topological polar surface area (TPSA) is 0 Å². The first kappa shape index (κ1) is 32.6. The molecule has 0 heteroatoms. The molecule has 0 nitrogen and oxygen atoms in total. The maximum Gasteiger partial charge on any atom is -0.0130 e. The van der Waals surface area contributed by atoms with Crippen LogP contribution in [0.3, 0.4) is 0 Å². The van der Waals surface area contributed by atoms with Gasteiger partial charge in [-0.25, -0.2) is 0 Å². The Bertz CT molecular complexity index is 1570. The van der Waals surface area contributed by atoms with Gasteiger partial charge in [0, 0.05) is 0 Å². The fraction of sp³-hybridized carbons (Fsp3) is 1.00. The van der Waals surface area contributed by atoms with Crippen LogP contribution in [0, 0.1) is 119 Å². The standard InChI is InChI=1S/C48H78/c1-27(2)31(9)32(10)28(3,4)36(14)35(27,13)39(17)40(36,18)44(22)43(39,21)47(25)45(23)41(19)37(15)29(5,6)33(31,11)34(32,12)30(7,8)38(37,16)42(41,20)46(45,24)48(44,47)26/h1-26H3. The van der Waals surface area contributed by atoms with E-state index in [0.29, 0.717) is 0 Å². The highest BCUT2D eigenvalue weighted by Gasteiger charge is 3.24. The molecule has 0 saturated heterocycles. The van der Waals surface area contributed by atoms with E-state index >= 15 is 0 Å². The van der Waals surface area contributed by atoms with Gasteiger partial charge in [-0.1, -0.05) is 180 Å². The molecular formula is C48H78. The Balaban J connectivity index is 1.54. The zero-order chi connectivity index (χ0) is 37.0. The zero-order valence-corrected chi connectivity index (χ0v) is 37.0. The molecule has 0 N–H and O–H groups in total. The van der Waals surface area contributed by atoms with Crippen molar-refractivity contribution in [2.45, 2.75) is 180 Å². The molecule has 0 bridgehead atoms. The van der Waals surface area contributed by atoms with Crippen molar-refractivity contribution in [3.8, 4) is 0 Å². The molecule has 0 aromatic rings. The van der Waals surface area contributed by atoms with E-state index in [4.69, 9.17) is 0 Å². The smallest absolute Gasteiger partial charge is 0.0130 e. The second-order valence-electron chi connectivity index (χ2n) is 26.8. The lowest BCUT2D eigenvalue weighted by Gasteiger charge is -3.22. The van der Waals surface area contributed by atoms with Gasteiger partial charge in [0.1, 0.15) is 0 Å². The van der Waals surface area contributed by atoms with Crippen LogP contribution in [0.2, 0.25) is 0 Å². The van der Waals surface area contributed by atoms with E-state index in [9.17, 15) is 0 Å². The molecule has 48 heavy (non-hydrogen) atoms. The molecular weight excluding hydrogens is 577 g/mol. The average Bonchev–Trinajstić information content (AvgIpc) is 3.01. The van der Waals surface area contributed by atoms with Gasteiger partial charge in [-0.15, -0.1) is 0 Å². The predicted molar refractivity (Wildman–Crippen MR) is 201 cm³/mol. The third-order valence-corrected chi connectivity index (χ3v) is 33.0. The third kappa shape index (κ3) is 1.20. The second kappa shape index (κ2) is 5.71. The summed E-state index contributed by atoms with van der Waals surface area (Å²) in [7, 11) is 0. The van der Waals surface area contributed by atoms with E-state index in [1.165, 1.54) is 0 Å². The molecule has 12 atom stereocenters. The lowest BCUT2D eigenvalue weighted by Crippen LogP contribution is -3.19. The minimum absolute atomic E-state index is 0.122. The van der Waals surface area contributed by atoms with Crippen molar-refractivity contribution in [1.29, 1.82) is 0 Å². The monoisotopic (exact) mass is 655 g/mol. The van der Waals surface area contributed by atoms with Crippen LogP contribution < -0.4 is 0 Å². The summed E-state index contributed by atoms with van der Waals surface area (Å²) in [6.45, 7) is 75.3. The maximum absolute atomic E-state index is 2.91. The van der Waals surface area contributed by atoms with Gasteiger partial charge in [0.2, 0.25) is 0 Å². The van der Waals surface area contributed by atoms with Crippen LogP contribution in [-0.2, 0) is 0 Å². The van der Waals surface area contributed by atoms with Gasteiger partial charge in [-0.3, -0.25) is 0 Å². The first-order valence-electron chi connectivity index (χ1n) is 20.8. The van der Waals surface area contributed by atoms with Gasteiger partial charge in [0.05, 0.1) is 0 Å². The van der Waals surface area contributed by atoms with Crippen molar-refractivity contribution in [3.63, 3.8) is 0 Å². The number of hydrogen-bond donors (Lipinski definition) is 0. The van der Waals surface area contributed by atoms with Crippen LogP contribution in [-0.4, -0.2) is 0 Å². The van der Waals surface area contributed by atoms with Gasteiger partial charge in [-0.2, -0.15) is 0 Å². The number of hydrogen-bond acceptors (Lipinski definition) is 0. The minimum Gasteiger partial charge on any atom is -0.0588 e. The summed E-state index contributed by atoms with van der Waals surface area (Å²) >= 11 is 0. The maximum atomic E-state index is 2.91. The SMILES string of the molecule is CC1(C)C2(C)C3(C)C(C)(C)C4(C)C5(C)C(C)(C)C3(C)C2(C)C(C)(C)C2(C)C1(C)C1(C)C2(C)C2(C)C1(C)C1(C)C3(C)C4(C)C5(C)C3(C)C21C. The van der Waals surface area contributed by atoms with Crippen molar-refractivity contribution < 1.29 is 0 Å². The quantitative estimate of drug-likeness (QED) is 0.228. The van der Waals surface area contributed by atoms with Crippen molar-refractivity contribution in [1.82, 2.24) is 0 Å². The van der Waals surface area contributed by atoms with Crippen LogP contribution in [0.1, 0.15) is 180 Å². The highest BCUT2D eigenvalue weighted by molar-refractivity contribution is 5.70. The van der Waals surface area contributed by atoms with Crippen LogP contribution >= 0.6 is 0 Å². The van der Waals surface area contributed by atoms with Gasteiger partial charge in [-0.05, 0) is 119 Å². The molecule has 9 aliphatic rings. The van der Waals surface area contributed by atoms with Gasteiger partial charge in [0.15, 0.2) is 0 Å². The second-order valence-corrected chi connectivity index (χ2v) is 26.8. The van der Waals surface area contributed by atoms with E-state index in [2.05, 4.69) is 180 Å². The molecule has 0 aliphatic heterocycles. The number of rotatable bonds is 0. The first-order valence-corrected chi connectivity index (χ1v) is 20.8. The van der Waals surface area contributed by atoms with Crippen LogP contribution in [0.25, 0.3) is 0 Å². The van der Waals surface area contributed by atoms with Crippen LogP contribution in [0.4, 0.5) is 0 Å². The Morgan fingerprint density at radius 1 is 0.104 bits per heavy atom. The van der Waals surface area contributed by atoms with Gasteiger partial charge < -0.3 is 0 Å². The van der Waals surface area contributed by atoms with Crippen LogP contribution in [0.5, 0.6) is 0 Å². The van der Waals surface area contributed by atoms with Crippen molar-refractivity contribution in [2.75, 3.05) is 0 Å². The molecule has 0 aromatic carbocycles. The molecule has 0 aromatic heterocycles. The summed E-state index contributed by atoms with van der Waals surface area (Å²) in [5, 5.41) is 0. The van der Waals surface area contributed by atoms with Crippen molar-refractivity contribution >= 4 is 0 Å². The normalized spacial score (nSPS) is 81.6. The summed E-state index contributed by atoms with van der Waals surface area (Å²) in [5.74, 6) is 0. The van der Waals surface area contributed by atoms with Crippen molar-refractivity contribution in [3.05, 3.63) is 0 Å². The molecule has 0 amide bonds. The van der Waals surface area contributed by atoms with Crippen LogP contribution in [0.15, 0.2) is 0 Å². The van der Waals surface area contributed by atoms with Crippen molar-refractivity contribution in [2.24, 2.45) is 119 Å². The van der Waals surface area contributed by atoms with E-state index < -0.39 is 0 Å². The van der Waals surface area contributed by atoms with E-state index in [1.807, 2.05) is 0 Å². The summed E-state index contributed by atoms with van der Waals surface area (Å²) < 4.78 is 0. The fourth-order valence-corrected chi connectivity index (χ4v) is 30.6. The highest BCUT2D eigenvalue weighted by Crippen LogP contribution is 3.28. The fourth-order valence-electron chi connectivity index (χ4n) is 30.6. The third-order valence-electron chi connectivity index (χ3n) is 33.0. The Morgan fingerprint density at radius 3 is 0.271 bits per heavy atom. The first-order chi connectivity index (χ1) is 20.8. The Hall–Kier alpha value is 0. The summed E-state index contributed by atoms with van der Waals surface area (Å²) in [5.41, 5.74) is 4.19. The molecule has 9 aliphatic carbocycles. The highest BCUT2D eigenvalue weighted by atomic mass is 15.3. The summed E-state index contributed by atoms with van der Waals surface area (Å²) in [6, 6.07) is 0. The molecule has 270 valence electrons. The minimum atomic E-state index is 0.122. The summed E-state index contributed by atoms with van der Waals surface area (Å²) in [4.78, 5) is 0. The molecule has 12 unspecified atom stereocenters. The lowest BCUT2D eigenvalue weighted by atomic mass is 8.81. The van der Waals surface area contributed by atoms with Gasteiger partial charge >= 0.3 is 0 Å². The Kier molecular flexibility index (Phi) is 3.88. The summed E-state index contributed by atoms with van der Waals surface area (Å²) in [6.07, 6.45) is 0. The molecule has 9 saturated carbocycles. The Labute approximate surface area is 298 Å². The zero-order valence-electron chi connectivity index (χ0n) is 37.0. The number of fused-ring (bicyclic) bond motifs is 23. The lowest BCUT2D eigenvalue weighted by molar-refractivity contribution is -0.762. The Morgan fingerprint density at radius 2 is 0.167 bits per heavy atom. The predicted octanol–water partition coefficient (Wildman–Crippen LogP) is 13.3. The van der Waals surface area contributed by atoms with E-state index in [1.54, 1.807) is 0 Å². The molecule has 9 fully saturated rings. The van der Waals surface area contributed by atoms with E-state index in [-0.39, 0.29) is 119 Å². The molecule has 9 rings (SSSR count). The average molecular weight is 655 g/mol. The molecule has 0 radical (unpaired) electrons. The molecule has 0 spiro atoms. The molecule has 0 heterocycles.